The molecule has 0 spiro atoms. The Bertz CT molecular complexity index is 369. The molecule has 0 saturated carbocycles. The number of hydrogen-bond donors (Lipinski definition) is 1. The number of rotatable bonds is 6. The standard InChI is InChI=1S/C13H21ClN2O/c1-10-7-13(17-4)11(8-12(10)14)5-6-16(3)9-15-2/h7-8,15H,5-6,9H2,1-4H3. The van der Waals surface area contributed by atoms with Gasteiger partial charge in [0.15, 0.2) is 0 Å². The van der Waals surface area contributed by atoms with Gasteiger partial charge in [0.1, 0.15) is 5.75 Å². The number of likely N-dealkylation sites (N-methyl/N-ethyl adjacent to an activating group) is 1. The topological polar surface area (TPSA) is 24.5 Å². The van der Waals surface area contributed by atoms with Crippen LogP contribution in [0.2, 0.25) is 5.02 Å². The van der Waals surface area contributed by atoms with Crippen LogP contribution in [0.3, 0.4) is 0 Å². The summed E-state index contributed by atoms with van der Waals surface area (Å²) in [5.74, 6) is 0.921. The summed E-state index contributed by atoms with van der Waals surface area (Å²) in [6.07, 6.45) is 0.932. The molecule has 0 aliphatic rings. The lowest BCUT2D eigenvalue weighted by molar-refractivity contribution is 0.318. The van der Waals surface area contributed by atoms with E-state index in [2.05, 4.69) is 17.3 Å². The molecule has 3 nitrogen and oxygen atoms in total. The smallest absolute Gasteiger partial charge is 0.122 e. The average Bonchev–Trinajstić information content (AvgIpc) is 2.30. The van der Waals surface area contributed by atoms with Gasteiger partial charge in [-0.3, -0.25) is 4.90 Å². The Hall–Kier alpha value is -0.770. The van der Waals surface area contributed by atoms with Crippen LogP contribution < -0.4 is 10.1 Å². The van der Waals surface area contributed by atoms with E-state index in [0.29, 0.717) is 0 Å². The maximum absolute atomic E-state index is 6.14. The van der Waals surface area contributed by atoms with Gasteiger partial charge >= 0.3 is 0 Å². The zero-order chi connectivity index (χ0) is 12.8. The van der Waals surface area contributed by atoms with Gasteiger partial charge in [0.25, 0.3) is 0 Å². The van der Waals surface area contributed by atoms with Gasteiger partial charge in [-0.2, -0.15) is 0 Å². The Labute approximate surface area is 109 Å². The zero-order valence-electron chi connectivity index (χ0n) is 11.0. The van der Waals surface area contributed by atoms with Crippen LogP contribution in [-0.4, -0.2) is 39.3 Å². The van der Waals surface area contributed by atoms with Crippen LogP contribution >= 0.6 is 11.6 Å². The summed E-state index contributed by atoms with van der Waals surface area (Å²) < 4.78 is 5.38. The van der Waals surface area contributed by atoms with Crippen molar-refractivity contribution < 1.29 is 4.74 Å². The van der Waals surface area contributed by atoms with E-state index in [9.17, 15) is 0 Å². The van der Waals surface area contributed by atoms with Crippen molar-refractivity contribution in [1.29, 1.82) is 0 Å². The number of benzene rings is 1. The maximum atomic E-state index is 6.14. The molecule has 0 aliphatic carbocycles. The molecule has 0 amide bonds. The minimum atomic E-state index is 0.803. The number of nitrogens with zero attached hydrogens (tertiary/aromatic N) is 1. The van der Waals surface area contributed by atoms with Crippen LogP contribution in [0.25, 0.3) is 0 Å². The highest BCUT2D eigenvalue weighted by Gasteiger charge is 2.07. The first-order valence-corrected chi connectivity index (χ1v) is 6.12. The fraction of sp³-hybridized carbons (Fsp3) is 0.538. The molecule has 4 heteroatoms. The number of halogens is 1. The molecule has 96 valence electrons. The summed E-state index contributed by atoms with van der Waals surface area (Å²) in [5, 5.41) is 3.92. The molecule has 0 saturated heterocycles. The quantitative estimate of drug-likeness (QED) is 0.791. The van der Waals surface area contributed by atoms with Gasteiger partial charge in [-0.05, 0) is 50.7 Å². The highest BCUT2D eigenvalue weighted by atomic mass is 35.5. The Balaban J connectivity index is 2.72. The third-order valence-corrected chi connectivity index (χ3v) is 3.16. The summed E-state index contributed by atoms with van der Waals surface area (Å²) in [7, 11) is 5.72. The minimum absolute atomic E-state index is 0.803. The van der Waals surface area contributed by atoms with E-state index in [0.717, 1.165) is 41.5 Å². The lowest BCUT2D eigenvalue weighted by atomic mass is 10.1. The summed E-state index contributed by atoms with van der Waals surface area (Å²) in [6, 6.07) is 4.00. The molecule has 0 fully saturated rings. The second-order valence-corrected chi connectivity index (χ2v) is 4.66. The lowest BCUT2D eigenvalue weighted by Gasteiger charge is -2.17. The van der Waals surface area contributed by atoms with Gasteiger partial charge in [-0.15, -0.1) is 0 Å². The van der Waals surface area contributed by atoms with Crippen molar-refractivity contribution in [3.8, 4) is 5.75 Å². The van der Waals surface area contributed by atoms with Crippen molar-refractivity contribution in [3.05, 3.63) is 28.3 Å². The highest BCUT2D eigenvalue weighted by molar-refractivity contribution is 6.31. The summed E-state index contributed by atoms with van der Waals surface area (Å²) in [4.78, 5) is 2.22. The second kappa shape index (κ2) is 6.84. The molecule has 17 heavy (non-hydrogen) atoms. The van der Waals surface area contributed by atoms with E-state index in [1.165, 1.54) is 0 Å². The molecular weight excluding hydrogens is 236 g/mol. The van der Waals surface area contributed by atoms with E-state index in [1.807, 2.05) is 26.1 Å². The van der Waals surface area contributed by atoms with Crippen molar-refractivity contribution in [3.63, 3.8) is 0 Å². The van der Waals surface area contributed by atoms with E-state index in [1.54, 1.807) is 7.11 Å². The summed E-state index contributed by atoms with van der Waals surface area (Å²) >= 11 is 6.14. The lowest BCUT2D eigenvalue weighted by Crippen LogP contribution is -2.30. The van der Waals surface area contributed by atoms with Gasteiger partial charge in [-0.25, -0.2) is 0 Å². The zero-order valence-corrected chi connectivity index (χ0v) is 11.8. The predicted molar refractivity (Wildman–Crippen MR) is 73.0 cm³/mol. The van der Waals surface area contributed by atoms with Crippen LogP contribution in [0, 0.1) is 6.92 Å². The Morgan fingerprint density at radius 1 is 1.41 bits per heavy atom. The maximum Gasteiger partial charge on any atom is 0.122 e. The Morgan fingerprint density at radius 2 is 2.12 bits per heavy atom. The fourth-order valence-corrected chi connectivity index (χ4v) is 1.93. The normalized spacial score (nSPS) is 10.9. The molecule has 0 aliphatic heterocycles. The van der Waals surface area contributed by atoms with Crippen LogP contribution in [0.15, 0.2) is 12.1 Å². The highest BCUT2D eigenvalue weighted by Crippen LogP contribution is 2.26. The molecule has 0 aromatic heterocycles. The van der Waals surface area contributed by atoms with Crippen molar-refractivity contribution in [1.82, 2.24) is 10.2 Å². The van der Waals surface area contributed by atoms with Crippen LogP contribution in [0.1, 0.15) is 11.1 Å². The number of nitrogens with one attached hydrogen (secondary N) is 1. The fourth-order valence-electron chi connectivity index (χ4n) is 1.74. The van der Waals surface area contributed by atoms with Crippen LogP contribution in [0.4, 0.5) is 0 Å². The number of hydrogen-bond acceptors (Lipinski definition) is 3. The summed E-state index contributed by atoms with van der Waals surface area (Å²) in [5.41, 5.74) is 2.21. The molecule has 0 heterocycles. The van der Waals surface area contributed by atoms with Crippen LogP contribution in [0.5, 0.6) is 5.75 Å². The van der Waals surface area contributed by atoms with Gasteiger partial charge in [0, 0.05) is 18.2 Å². The van der Waals surface area contributed by atoms with E-state index in [-0.39, 0.29) is 0 Å². The molecule has 0 radical (unpaired) electrons. The second-order valence-electron chi connectivity index (χ2n) is 4.25. The van der Waals surface area contributed by atoms with Gasteiger partial charge in [0.05, 0.1) is 7.11 Å². The van der Waals surface area contributed by atoms with Gasteiger partial charge in [-0.1, -0.05) is 11.6 Å². The Kier molecular flexibility index (Phi) is 5.75. The van der Waals surface area contributed by atoms with Gasteiger partial charge < -0.3 is 10.1 Å². The van der Waals surface area contributed by atoms with E-state index in [4.69, 9.17) is 16.3 Å². The molecule has 1 rings (SSSR count). The number of aryl methyl sites for hydroxylation is 1. The molecule has 0 atom stereocenters. The average molecular weight is 257 g/mol. The molecule has 1 aromatic carbocycles. The molecule has 1 N–H and O–H groups in total. The van der Waals surface area contributed by atoms with E-state index >= 15 is 0 Å². The van der Waals surface area contributed by atoms with Gasteiger partial charge in [0.2, 0.25) is 0 Å². The molecule has 1 aromatic rings. The number of methoxy groups -OCH3 is 1. The van der Waals surface area contributed by atoms with Crippen LogP contribution in [-0.2, 0) is 6.42 Å². The number of ether oxygens (including phenoxy) is 1. The third-order valence-electron chi connectivity index (χ3n) is 2.75. The minimum Gasteiger partial charge on any atom is -0.496 e. The molecule has 0 unspecified atom stereocenters. The first kappa shape index (κ1) is 14.3. The monoisotopic (exact) mass is 256 g/mol. The SMILES string of the molecule is CNCN(C)CCc1cc(Cl)c(C)cc1OC. The first-order chi connectivity index (χ1) is 8.08. The molecular formula is C13H21ClN2O. The Morgan fingerprint density at radius 3 is 2.71 bits per heavy atom. The first-order valence-electron chi connectivity index (χ1n) is 5.74. The van der Waals surface area contributed by atoms with Crippen molar-refractivity contribution >= 4 is 11.6 Å². The predicted octanol–water partition coefficient (Wildman–Crippen LogP) is 2.31. The van der Waals surface area contributed by atoms with Crippen molar-refractivity contribution in [2.24, 2.45) is 0 Å². The van der Waals surface area contributed by atoms with E-state index < -0.39 is 0 Å². The van der Waals surface area contributed by atoms with Crippen molar-refractivity contribution in [2.75, 3.05) is 34.4 Å². The largest absolute Gasteiger partial charge is 0.496 e. The van der Waals surface area contributed by atoms with Crippen molar-refractivity contribution in [2.45, 2.75) is 13.3 Å². The summed E-state index contributed by atoms with van der Waals surface area (Å²) in [6.45, 7) is 3.83. The molecule has 0 bridgehead atoms. The third kappa shape index (κ3) is 4.19.